The molecule has 0 amide bonds. The van der Waals surface area contributed by atoms with Crippen molar-refractivity contribution in [3.8, 4) is 17.2 Å². The molecule has 2 heterocycles. The number of fused-ring (bicyclic) bond motifs is 1. The summed E-state index contributed by atoms with van der Waals surface area (Å²) < 4.78 is 26.8. The molecule has 0 aliphatic carbocycles. The molecule has 0 saturated heterocycles. The summed E-state index contributed by atoms with van der Waals surface area (Å²) >= 11 is 5.78. The molecule has 0 fully saturated rings. The van der Waals surface area contributed by atoms with Gasteiger partial charge in [0.15, 0.2) is 16.3 Å². The van der Waals surface area contributed by atoms with Gasteiger partial charge in [0.1, 0.15) is 5.75 Å². The molecule has 0 radical (unpaired) electrons. The highest BCUT2D eigenvalue weighted by molar-refractivity contribution is 14.1. The first-order chi connectivity index (χ1) is 19.2. The molecule has 1 aliphatic heterocycles. The molecule has 0 saturated carbocycles. The van der Waals surface area contributed by atoms with E-state index >= 15 is 0 Å². The fourth-order valence-corrected chi connectivity index (χ4v) is 7.62. The molecule has 0 spiro atoms. The number of halogens is 2. The molecule has 0 unspecified atom stereocenters. The Morgan fingerprint density at radius 2 is 1.62 bits per heavy atom. The van der Waals surface area contributed by atoms with Crippen LogP contribution in [0.3, 0.4) is 0 Å². The van der Waals surface area contributed by atoms with Crippen molar-refractivity contribution in [2.45, 2.75) is 40.7 Å². The average molecular weight is 788 g/mol. The minimum Gasteiger partial charge on any atom is -0.492 e. The zero-order valence-corrected chi connectivity index (χ0v) is 28.0. The van der Waals surface area contributed by atoms with Crippen molar-refractivity contribution >= 4 is 68.6 Å². The number of esters is 1. The SMILES string of the molecule is CCOC(=O)C1=C(C)N=c2s/c(=C\c3cc(I)c(OCC)c(I)c3)c(=O)n2[C@@H]1c1ccc(OCC)c(OCC)c1. The second-order valence-corrected chi connectivity index (χ2v) is 12.0. The molecule has 4 rings (SSSR count). The van der Waals surface area contributed by atoms with Gasteiger partial charge in [-0.1, -0.05) is 17.4 Å². The van der Waals surface area contributed by atoms with Crippen LogP contribution < -0.4 is 29.1 Å². The van der Waals surface area contributed by atoms with Crippen LogP contribution in [0.4, 0.5) is 0 Å². The number of benzene rings is 2. The maximum absolute atomic E-state index is 14.0. The molecule has 1 aliphatic rings. The Morgan fingerprint density at radius 3 is 2.25 bits per heavy atom. The van der Waals surface area contributed by atoms with Gasteiger partial charge in [0.2, 0.25) is 0 Å². The number of ether oxygens (including phenoxy) is 4. The average Bonchev–Trinajstić information content (AvgIpc) is 3.21. The van der Waals surface area contributed by atoms with E-state index in [0.29, 0.717) is 57.5 Å². The van der Waals surface area contributed by atoms with E-state index in [1.807, 2.05) is 57.2 Å². The highest BCUT2D eigenvalue weighted by Crippen LogP contribution is 2.36. The van der Waals surface area contributed by atoms with Gasteiger partial charge < -0.3 is 18.9 Å². The molecule has 8 nitrogen and oxygen atoms in total. The van der Waals surface area contributed by atoms with E-state index in [0.717, 1.165) is 18.5 Å². The fourth-order valence-electron chi connectivity index (χ4n) is 4.44. The van der Waals surface area contributed by atoms with Crippen molar-refractivity contribution in [1.29, 1.82) is 0 Å². The van der Waals surface area contributed by atoms with E-state index in [-0.39, 0.29) is 12.2 Å². The molecule has 2 aromatic carbocycles. The highest BCUT2D eigenvalue weighted by atomic mass is 127. The molecule has 1 aromatic heterocycles. The maximum atomic E-state index is 14.0. The van der Waals surface area contributed by atoms with Crippen molar-refractivity contribution in [1.82, 2.24) is 4.57 Å². The van der Waals surface area contributed by atoms with Crippen LogP contribution in [0.5, 0.6) is 17.2 Å². The van der Waals surface area contributed by atoms with Gasteiger partial charge in [0.05, 0.1) is 55.4 Å². The third-order valence-electron chi connectivity index (χ3n) is 6.01. The summed E-state index contributed by atoms with van der Waals surface area (Å²) in [7, 11) is 0. The lowest BCUT2D eigenvalue weighted by molar-refractivity contribution is -0.139. The molecule has 1 atom stereocenters. The van der Waals surface area contributed by atoms with Gasteiger partial charge >= 0.3 is 5.97 Å². The first-order valence-electron chi connectivity index (χ1n) is 12.9. The van der Waals surface area contributed by atoms with Gasteiger partial charge in [0.25, 0.3) is 5.56 Å². The molecule has 0 N–H and O–H groups in total. The Labute approximate surface area is 264 Å². The topological polar surface area (TPSA) is 88.4 Å². The zero-order chi connectivity index (χ0) is 29.0. The first kappa shape index (κ1) is 30.6. The van der Waals surface area contributed by atoms with E-state index < -0.39 is 12.0 Å². The van der Waals surface area contributed by atoms with E-state index in [2.05, 4.69) is 50.2 Å². The van der Waals surface area contributed by atoms with Crippen LogP contribution >= 0.6 is 56.5 Å². The van der Waals surface area contributed by atoms with Crippen LogP contribution in [0.2, 0.25) is 0 Å². The van der Waals surface area contributed by atoms with Crippen molar-refractivity contribution in [3.05, 3.63) is 79.6 Å². The van der Waals surface area contributed by atoms with Gasteiger partial charge in [-0.05, 0) is 121 Å². The Morgan fingerprint density at radius 1 is 0.975 bits per heavy atom. The Balaban J connectivity index is 1.93. The quantitative estimate of drug-likeness (QED) is 0.208. The minimum atomic E-state index is -0.743. The summed E-state index contributed by atoms with van der Waals surface area (Å²) in [4.78, 5) is 32.4. The first-order valence-corrected chi connectivity index (χ1v) is 15.9. The van der Waals surface area contributed by atoms with Crippen molar-refractivity contribution in [3.63, 3.8) is 0 Å². The standard InChI is InChI=1S/C29H30I2N2O6S/c1-6-36-21-11-10-18(15-22(21)37-7-2)25-24(28(35)39-9-4)16(5)32-29-33(25)27(34)23(40-29)14-17-12-19(30)26(38-8-3)20(31)13-17/h10-15,25H,6-9H2,1-5H3/b23-14-/t25-/m1/s1. The van der Waals surface area contributed by atoms with E-state index in [9.17, 15) is 9.59 Å². The molecule has 40 heavy (non-hydrogen) atoms. The number of aromatic nitrogens is 1. The second-order valence-electron chi connectivity index (χ2n) is 8.62. The largest absolute Gasteiger partial charge is 0.492 e. The van der Waals surface area contributed by atoms with Crippen LogP contribution in [-0.2, 0) is 9.53 Å². The number of thiazole rings is 1. The van der Waals surface area contributed by atoms with Crippen molar-refractivity contribution in [2.24, 2.45) is 4.99 Å². The van der Waals surface area contributed by atoms with Gasteiger partial charge in [-0.3, -0.25) is 9.36 Å². The van der Waals surface area contributed by atoms with Gasteiger partial charge in [-0.15, -0.1) is 0 Å². The number of carbonyl (C=O) groups excluding carboxylic acids is 1. The Bertz CT molecular complexity index is 1620. The lowest BCUT2D eigenvalue weighted by Gasteiger charge is -2.25. The number of allylic oxidation sites excluding steroid dienone is 1. The van der Waals surface area contributed by atoms with Crippen molar-refractivity contribution < 1.29 is 23.7 Å². The summed E-state index contributed by atoms with van der Waals surface area (Å²) in [5, 5.41) is 0. The zero-order valence-electron chi connectivity index (χ0n) is 22.9. The summed E-state index contributed by atoms with van der Waals surface area (Å²) in [5.41, 5.74) is 2.15. The van der Waals surface area contributed by atoms with E-state index in [1.165, 1.54) is 11.3 Å². The van der Waals surface area contributed by atoms with Gasteiger partial charge in [0, 0.05) is 0 Å². The smallest absolute Gasteiger partial charge is 0.338 e. The number of rotatable bonds is 10. The number of hydrogen-bond acceptors (Lipinski definition) is 8. The van der Waals surface area contributed by atoms with Crippen molar-refractivity contribution in [2.75, 3.05) is 26.4 Å². The van der Waals surface area contributed by atoms with Crippen LogP contribution in [-0.4, -0.2) is 37.0 Å². The van der Waals surface area contributed by atoms with Crippen LogP contribution in [0, 0.1) is 7.14 Å². The lowest BCUT2D eigenvalue weighted by Crippen LogP contribution is -2.40. The molecule has 3 aromatic rings. The second kappa shape index (κ2) is 13.5. The summed E-state index contributed by atoms with van der Waals surface area (Å²) in [6.45, 7) is 11.0. The van der Waals surface area contributed by atoms with Crippen LogP contribution in [0.1, 0.15) is 51.8 Å². The molecular weight excluding hydrogens is 758 g/mol. The minimum absolute atomic E-state index is 0.204. The molecule has 0 bridgehead atoms. The lowest BCUT2D eigenvalue weighted by atomic mass is 9.95. The predicted octanol–water partition coefficient (Wildman–Crippen LogP) is 5.20. The normalized spacial score (nSPS) is 15.0. The number of hydrogen-bond donors (Lipinski definition) is 0. The van der Waals surface area contributed by atoms with E-state index in [4.69, 9.17) is 18.9 Å². The molecule has 11 heteroatoms. The molecular formula is C29H30I2N2O6S. The van der Waals surface area contributed by atoms with E-state index in [1.54, 1.807) is 18.4 Å². The predicted molar refractivity (Wildman–Crippen MR) is 172 cm³/mol. The summed E-state index contributed by atoms with van der Waals surface area (Å²) in [6, 6.07) is 8.71. The highest BCUT2D eigenvalue weighted by Gasteiger charge is 2.34. The third kappa shape index (κ3) is 6.25. The Kier molecular flexibility index (Phi) is 10.3. The monoisotopic (exact) mass is 788 g/mol. The van der Waals surface area contributed by atoms with Gasteiger partial charge in [-0.25, -0.2) is 9.79 Å². The molecule has 212 valence electrons. The number of carbonyl (C=O) groups is 1. The van der Waals surface area contributed by atoms with Crippen LogP contribution in [0.15, 0.2) is 51.4 Å². The third-order valence-corrected chi connectivity index (χ3v) is 8.59. The Hall–Kier alpha value is -2.39. The number of nitrogens with zero attached hydrogens (tertiary/aromatic N) is 2. The fraction of sp³-hybridized carbons (Fsp3) is 0.345. The van der Waals surface area contributed by atoms with Gasteiger partial charge in [-0.2, -0.15) is 0 Å². The summed E-state index contributed by atoms with van der Waals surface area (Å²) in [5.74, 6) is 1.46. The van der Waals surface area contributed by atoms with Crippen LogP contribution in [0.25, 0.3) is 6.08 Å². The maximum Gasteiger partial charge on any atom is 0.338 e. The summed E-state index contributed by atoms with van der Waals surface area (Å²) in [6.07, 6.45) is 1.86.